The zero-order valence-corrected chi connectivity index (χ0v) is 25.8. The molecule has 4 atom stereocenters. The number of anilines is 1. The number of aliphatic hydroxyl groups excluding tert-OH is 1. The molecule has 0 saturated heterocycles. The zero-order chi connectivity index (χ0) is 29.5. The molecule has 8 heteroatoms. The minimum Gasteiger partial charge on any atom is -0.493 e. The summed E-state index contributed by atoms with van der Waals surface area (Å²) in [5.41, 5.74) is 4.00. The van der Waals surface area contributed by atoms with Crippen LogP contribution >= 0.6 is 0 Å². The fourth-order valence-corrected chi connectivity index (χ4v) is 5.67. The van der Waals surface area contributed by atoms with Crippen molar-refractivity contribution in [1.29, 1.82) is 0 Å². The summed E-state index contributed by atoms with van der Waals surface area (Å²) in [6.07, 6.45) is 3.69. The lowest BCUT2D eigenvalue weighted by atomic mass is 10.0. The molecule has 0 unspecified atom stereocenters. The molecule has 2 aliphatic rings. The van der Waals surface area contributed by atoms with Gasteiger partial charge in [-0.1, -0.05) is 19.1 Å². The summed E-state index contributed by atoms with van der Waals surface area (Å²) >= 11 is 0. The van der Waals surface area contributed by atoms with Gasteiger partial charge in [0.2, 0.25) is 0 Å². The Morgan fingerprint density at radius 3 is 2.59 bits per heavy atom. The van der Waals surface area contributed by atoms with E-state index >= 15 is 0 Å². The molecule has 2 heterocycles. The number of carbonyl (C=O) groups is 1. The maximum absolute atomic E-state index is 14.2. The van der Waals surface area contributed by atoms with Gasteiger partial charge in [-0.3, -0.25) is 9.69 Å². The number of nitrogens with zero attached hydrogens (tertiary/aromatic N) is 3. The summed E-state index contributed by atoms with van der Waals surface area (Å²) in [7, 11) is 6.05. The monoisotopic (exact) mass is 567 g/mol. The molecule has 0 saturated carbocycles. The van der Waals surface area contributed by atoms with Gasteiger partial charge in [0.05, 0.1) is 37.0 Å². The van der Waals surface area contributed by atoms with Crippen molar-refractivity contribution in [3.05, 3.63) is 53.1 Å². The number of fused-ring (bicyclic) bond motifs is 2. The second-order valence-corrected chi connectivity index (χ2v) is 12.1. The third-order valence-electron chi connectivity index (χ3n) is 8.25. The van der Waals surface area contributed by atoms with Crippen LogP contribution in [0.1, 0.15) is 61.5 Å². The van der Waals surface area contributed by atoms with E-state index in [9.17, 15) is 9.90 Å². The number of amides is 1. The van der Waals surface area contributed by atoms with E-state index in [4.69, 9.17) is 14.2 Å². The van der Waals surface area contributed by atoms with Gasteiger partial charge in [-0.25, -0.2) is 0 Å². The van der Waals surface area contributed by atoms with Crippen LogP contribution in [0.2, 0.25) is 0 Å². The maximum atomic E-state index is 14.2. The number of hydrogen-bond acceptors (Lipinski definition) is 7. The fraction of sp³-hybridized carbons (Fsp3) is 0.606. The van der Waals surface area contributed by atoms with Gasteiger partial charge in [0.15, 0.2) is 0 Å². The van der Waals surface area contributed by atoms with Gasteiger partial charge in [-0.2, -0.15) is 0 Å². The third-order valence-corrected chi connectivity index (χ3v) is 8.25. The Bertz CT molecular complexity index is 1160. The Morgan fingerprint density at radius 2 is 1.83 bits per heavy atom. The topological polar surface area (TPSA) is 74.7 Å². The first-order valence-corrected chi connectivity index (χ1v) is 15.1. The molecule has 0 aliphatic carbocycles. The second-order valence-electron chi connectivity index (χ2n) is 12.1. The van der Waals surface area contributed by atoms with Gasteiger partial charge in [0, 0.05) is 58.4 Å². The van der Waals surface area contributed by atoms with E-state index in [2.05, 4.69) is 44.0 Å². The van der Waals surface area contributed by atoms with Crippen LogP contribution in [0.5, 0.6) is 11.5 Å². The van der Waals surface area contributed by atoms with E-state index in [0.717, 1.165) is 56.8 Å². The van der Waals surface area contributed by atoms with Crippen LogP contribution in [0.15, 0.2) is 36.4 Å². The van der Waals surface area contributed by atoms with Crippen LogP contribution in [-0.4, -0.2) is 93.1 Å². The molecule has 1 N–H and O–H groups in total. The van der Waals surface area contributed by atoms with Gasteiger partial charge >= 0.3 is 0 Å². The van der Waals surface area contributed by atoms with Gasteiger partial charge in [-0.05, 0) is 75.5 Å². The lowest BCUT2D eigenvalue weighted by Gasteiger charge is -2.36. The second kappa shape index (κ2) is 14.4. The molecule has 0 radical (unpaired) electrons. The number of ether oxygens (including phenoxy) is 3. The molecule has 4 rings (SSSR count). The number of hydrogen-bond donors (Lipinski definition) is 1. The SMILES string of the molecule is C[C@@H]1CCCCO[C@@H](CN(C)Cc2ccc3c(c2)CCO3)[C@H](C)CN([C@@H](C)CO)C(=O)c2cc(N(C)C)ccc2O1. The van der Waals surface area contributed by atoms with E-state index in [1.807, 2.05) is 44.1 Å². The average molecular weight is 568 g/mol. The van der Waals surface area contributed by atoms with Crippen molar-refractivity contribution >= 4 is 11.6 Å². The Balaban J connectivity index is 1.57. The Hall–Kier alpha value is -2.81. The number of aliphatic hydroxyl groups is 1. The van der Waals surface area contributed by atoms with E-state index in [0.29, 0.717) is 24.5 Å². The fourth-order valence-electron chi connectivity index (χ4n) is 5.67. The molecule has 8 nitrogen and oxygen atoms in total. The Kier molecular flexibility index (Phi) is 10.9. The maximum Gasteiger partial charge on any atom is 0.258 e. The van der Waals surface area contributed by atoms with Crippen molar-refractivity contribution in [2.75, 3.05) is 59.0 Å². The van der Waals surface area contributed by atoms with Crippen molar-refractivity contribution in [3.8, 4) is 11.5 Å². The highest BCUT2D eigenvalue weighted by Crippen LogP contribution is 2.30. The van der Waals surface area contributed by atoms with Crippen molar-refractivity contribution < 1.29 is 24.1 Å². The predicted molar refractivity (Wildman–Crippen MR) is 163 cm³/mol. The minimum atomic E-state index is -0.349. The van der Waals surface area contributed by atoms with Crippen LogP contribution in [0.3, 0.4) is 0 Å². The average Bonchev–Trinajstić information content (AvgIpc) is 3.42. The molecular formula is C33H49N3O5. The molecule has 2 aromatic rings. The van der Waals surface area contributed by atoms with Crippen LogP contribution in [0.4, 0.5) is 5.69 Å². The normalized spacial score (nSPS) is 22.8. The summed E-state index contributed by atoms with van der Waals surface area (Å²) < 4.78 is 18.5. The molecule has 226 valence electrons. The summed E-state index contributed by atoms with van der Waals surface area (Å²) in [6, 6.07) is 11.9. The molecule has 0 spiro atoms. The summed E-state index contributed by atoms with van der Waals surface area (Å²) in [5, 5.41) is 10.2. The standard InChI is InChI=1S/C33H49N3O5/c1-23-19-36(24(2)22-37)33(38)29-18-28(34(4)5)11-13-31(29)41-25(3)9-7-8-15-39-32(23)21-35(6)20-26-10-12-30-27(17-26)14-16-40-30/h10-13,17-18,23-25,32,37H,7-9,14-16,19-22H2,1-6H3/t23-,24+,25-,32+/m1/s1. The number of rotatable bonds is 7. The van der Waals surface area contributed by atoms with Crippen molar-refractivity contribution in [2.24, 2.45) is 5.92 Å². The molecule has 41 heavy (non-hydrogen) atoms. The van der Waals surface area contributed by atoms with Gasteiger partial charge in [0.25, 0.3) is 5.91 Å². The number of likely N-dealkylation sites (N-methyl/N-ethyl adjacent to an activating group) is 1. The summed E-state index contributed by atoms with van der Waals surface area (Å²) in [5.74, 6) is 1.52. The first-order chi connectivity index (χ1) is 19.7. The molecule has 2 aromatic carbocycles. The molecule has 0 bridgehead atoms. The Labute approximate surface area is 246 Å². The lowest BCUT2D eigenvalue weighted by Crippen LogP contribution is -2.47. The predicted octanol–water partition coefficient (Wildman–Crippen LogP) is 4.62. The number of carbonyl (C=O) groups excluding carboxylic acids is 1. The highest BCUT2D eigenvalue weighted by atomic mass is 16.5. The third kappa shape index (κ3) is 8.15. The summed E-state index contributed by atoms with van der Waals surface area (Å²) in [6.45, 7) is 9.43. The Morgan fingerprint density at radius 1 is 1.05 bits per heavy atom. The zero-order valence-electron chi connectivity index (χ0n) is 25.8. The quantitative estimate of drug-likeness (QED) is 0.524. The first-order valence-electron chi connectivity index (χ1n) is 15.1. The smallest absolute Gasteiger partial charge is 0.258 e. The molecule has 2 aliphatic heterocycles. The van der Waals surface area contributed by atoms with Gasteiger partial charge in [-0.15, -0.1) is 0 Å². The number of benzene rings is 2. The van der Waals surface area contributed by atoms with Crippen molar-refractivity contribution in [2.45, 2.75) is 71.2 Å². The molecular weight excluding hydrogens is 518 g/mol. The lowest BCUT2D eigenvalue weighted by molar-refractivity contribution is -0.0177. The van der Waals surface area contributed by atoms with Crippen molar-refractivity contribution in [1.82, 2.24) is 9.80 Å². The van der Waals surface area contributed by atoms with Crippen molar-refractivity contribution in [3.63, 3.8) is 0 Å². The molecule has 1 amide bonds. The van der Waals surface area contributed by atoms with E-state index in [-0.39, 0.29) is 36.7 Å². The minimum absolute atomic E-state index is 0.0306. The highest BCUT2D eigenvalue weighted by Gasteiger charge is 2.30. The summed E-state index contributed by atoms with van der Waals surface area (Å²) in [4.78, 5) is 20.2. The van der Waals surface area contributed by atoms with Gasteiger partial charge < -0.3 is 29.1 Å². The largest absolute Gasteiger partial charge is 0.493 e. The van der Waals surface area contributed by atoms with Gasteiger partial charge in [0.1, 0.15) is 11.5 Å². The van der Waals surface area contributed by atoms with Crippen LogP contribution in [0, 0.1) is 5.92 Å². The van der Waals surface area contributed by atoms with E-state index in [1.54, 1.807) is 4.90 Å². The van der Waals surface area contributed by atoms with E-state index < -0.39 is 0 Å². The highest BCUT2D eigenvalue weighted by molar-refractivity contribution is 5.98. The van der Waals surface area contributed by atoms with Crippen LogP contribution in [0.25, 0.3) is 0 Å². The molecule has 0 aromatic heterocycles. The van der Waals surface area contributed by atoms with Crippen LogP contribution < -0.4 is 14.4 Å². The van der Waals surface area contributed by atoms with E-state index in [1.165, 1.54) is 11.1 Å². The first kappa shape index (κ1) is 31.1. The van der Waals surface area contributed by atoms with Crippen LogP contribution in [-0.2, 0) is 17.7 Å². The molecule has 0 fully saturated rings.